The second-order valence-corrected chi connectivity index (χ2v) is 11.6. The van der Waals surface area contributed by atoms with E-state index in [4.69, 9.17) is 15.3 Å². The number of hydrogen-bond acceptors (Lipinski definition) is 16. The number of aromatic hydroxyl groups is 4. The van der Waals surface area contributed by atoms with E-state index in [2.05, 4.69) is 20.5 Å². The van der Waals surface area contributed by atoms with Crippen molar-refractivity contribution in [2.24, 2.45) is 20.5 Å². The van der Waals surface area contributed by atoms with E-state index < -0.39 is 9.85 Å². The fourth-order valence-corrected chi connectivity index (χ4v) is 5.08. The number of aliphatic hydroxyl groups excluding tert-OH is 3. The standard InChI is InChI=1S/2C16H11N3O4.C6H15NO3.Cr/c2*20-14-8-5-10-3-1-2-4-12(10)16(14)18-17-13-7-6-11(19(22)23)9-15(13)21;8-4-1-7(2-5-9)3-6-10;/h2*1-9,20-21H;8-10H,1-6H2;/p+1. The first kappa shape index (κ1) is 44.8. The number of azo groups is 2. The third-order valence-corrected chi connectivity index (χ3v) is 7.86. The summed E-state index contributed by atoms with van der Waals surface area (Å²) < 4.78 is 0. The molecule has 0 aliphatic heterocycles. The molecule has 296 valence electrons. The van der Waals surface area contributed by atoms with Gasteiger partial charge < -0.3 is 35.7 Å². The SMILES string of the molecule is O=[N+]([O-])c1ccc(N=Nc2c(O)ccc3ccccc23)c(O)c1.O=[N+]([O-])c1ccc(N=Nc2c(O)ccc3ccccc23)c(O)c1.OCCN(CCO)CCO.[Cr].[H+]. The van der Waals surface area contributed by atoms with Crippen LogP contribution in [0.25, 0.3) is 21.5 Å². The Kier molecular flexibility index (Phi) is 17.4. The Morgan fingerprint density at radius 2 is 0.877 bits per heavy atom. The quantitative estimate of drug-likeness (QED) is 0.0358. The van der Waals surface area contributed by atoms with E-state index in [1.807, 2.05) is 36.4 Å². The first-order valence-electron chi connectivity index (χ1n) is 16.7. The minimum absolute atomic E-state index is 0. The molecule has 18 nitrogen and oxygen atoms in total. The summed E-state index contributed by atoms with van der Waals surface area (Å²) in [6.07, 6.45) is 0. The van der Waals surface area contributed by atoms with Gasteiger partial charge >= 0.3 is 1.43 Å². The van der Waals surface area contributed by atoms with Gasteiger partial charge in [0.05, 0.1) is 41.8 Å². The van der Waals surface area contributed by atoms with Gasteiger partial charge in [-0.1, -0.05) is 60.7 Å². The van der Waals surface area contributed by atoms with Gasteiger partial charge in [-0.15, -0.1) is 20.5 Å². The molecule has 0 heterocycles. The zero-order valence-corrected chi connectivity index (χ0v) is 31.2. The van der Waals surface area contributed by atoms with Crippen LogP contribution in [0.15, 0.2) is 130 Å². The van der Waals surface area contributed by atoms with Gasteiger partial charge in [-0.25, -0.2) is 0 Å². The van der Waals surface area contributed by atoms with Crippen LogP contribution in [0, 0.1) is 20.2 Å². The fourth-order valence-electron chi connectivity index (χ4n) is 5.08. The van der Waals surface area contributed by atoms with Gasteiger partial charge in [-0.3, -0.25) is 25.1 Å². The second-order valence-electron chi connectivity index (χ2n) is 11.6. The van der Waals surface area contributed by atoms with Gasteiger partial charge in [-0.2, -0.15) is 0 Å². The number of aliphatic hydroxyl groups is 3. The Morgan fingerprint density at radius 3 is 1.21 bits per heavy atom. The minimum atomic E-state index is -0.614. The van der Waals surface area contributed by atoms with Crippen molar-refractivity contribution >= 4 is 55.7 Å². The Hall–Kier alpha value is -6.59. The van der Waals surface area contributed by atoms with Crippen molar-refractivity contribution in [3.63, 3.8) is 0 Å². The average molecular weight is 821 g/mol. The first-order chi connectivity index (χ1) is 27.0. The molecule has 0 bridgehead atoms. The van der Waals surface area contributed by atoms with E-state index in [1.165, 1.54) is 36.4 Å². The summed E-state index contributed by atoms with van der Waals surface area (Å²) >= 11 is 0. The van der Waals surface area contributed by atoms with E-state index in [-0.39, 0.29) is 95.7 Å². The molecule has 0 amide bonds. The third kappa shape index (κ3) is 12.5. The van der Waals surface area contributed by atoms with Gasteiger partial charge in [0.15, 0.2) is 0 Å². The second kappa shape index (κ2) is 22.1. The van der Waals surface area contributed by atoms with E-state index in [9.17, 15) is 40.7 Å². The molecule has 0 unspecified atom stereocenters. The molecule has 0 aliphatic carbocycles. The first-order valence-corrected chi connectivity index (χ1v) is 16.7. The number of nitro groups is 2. The monoisotopic (exact) mass is 820 g/mol. The molecule has 0 spiro atoms. The maximum Gasteiger partial charge on any atom is 1.00 e. The number of fused-ring (bicyclic) bond motifs is 2. The van der Waals surface area contributed by atoms with Gasteiger partial charge in [0.1, 0.15) is 45.7 Å². The maximum atomic E-state index is 10.6. The van der Waals surface area contributed by atoms with Gasteiger partial charge in [-0.05, 0) is 35.0 Å². The summed E-state index contributed by atoms with van der Waals surface area (Å²) in [5.74, 6) is -0.812. The summed E-state index contributed by atoms with van der Waals surface area (Å²) in [6, 6.07) is 28.2. The van der Waals surface area contributed by atoms with Crippen LogP contribution in [0.3, 0.4) is 0 Å². The summed E-state index contributed by atoms with van der Waals surface area (Å²) in [6.45, 7) is 1.75. The molecule has 6 aromatic rings. The molecular formula is C38H38CrN7O11+. The predicted octanol–water partition coefficient (Wildman–Crippen LogP) is 7.52. The normalized spacial score (nSPS) is 10.9. The molecule has 0 saturated heterocycles. The van der Waals surface area contributed by atoms with Crippen LogP contribution < -0.4 is 0 Å². The number of phenols is 4. The van der Waals surface area contributed by atoms with Gasteiger partial charge in [0.2, 0.25) is 0 Å². The number of hydrogen-bond donors (Lipinski definition) is 7. The number of nitro benzene ring substituents is 2. The average Bonchev–Trinajstić information content (AvgIpc) is 3.18. The smallest absolute Gasteiger partial charge is 0.506 e. The molecule has 0 saturated carbocycles. The van der Waals surface area contributed by atoms with Crippen LogP contribution in [0.2, 0.25) is 0 Å². The van der Waals surface area contributed by atoms with Crippen molar-refractivity contribution in [2.75, 3.05) is 39.5 Å². The third-order valence-electron chi connectivity index (χ3n) is 7.86. The summed E-state index contributed by atoms with van der Waals surface area (Å²) in [4.78, 5) is 21.8. The fraction of sp³-hybridized carbons (Fsp3) is 0.158. The summed E-state index contributed by atoms with van der Waals surface area (Å²) in [5.41, 5.74) is 0.191. The summed E-state index contributed by atoms with van der Waals surface area (Å²) in [7, 11) is 0. The Balaban J connectivity index is 0.000000318. The predicted molar refractivity (Wildman–Crippen MR) is 208 cm³/mol. The Labute approximate surface area is 336 Å². The van der Waals surface area contributed by atoms with Gasteiger partial charge in [0.25, 0.3) is 11.4 Å². The largest absolute Gasteiger partial charge is 1.00 e. The molecule has 0 atom stereocenters. The van der Waals surface area contributed by atoms with Crippen LogP contribution in [0.5, 0.6) is 23.0 Å². The molecule has 19 heteroatoms. The number of nitrogens with zero attached hydrogens (tertiary/aromatic N) is 7. The molecule has 6 aromatic carbocycles. The van der Waals surface area contributed by atoms with Crippen molar-refractivity contribution < 1.29 is 64.4 Å². The van der Waals surface area contributed by atoms with E-state index in [1.54, 1.807) is 29.2 Å². The zero-order valence-electron chi connectivity index (χ0n) is 30.9. The van der Waals surface area contributed by atoms with Crippen molar-refractivity contribution in [3.8, 4) is 23.0 Å². The van der Waals surface area contributed by atoms with E-state index in [0.29, 0.717) is 30.4 Å². The molecule has 0 aliphatic rings. The van der Waals surface area contributed by atoms with Crippen molar-refractivity contribution in [2.45, 2.75) is 0 Å². The molecule has 57 heavy (non-hydrogen) atoms. The van der Waals surface area contributed by atoms with Crippen LogP contribution in [-0.2, 0) is 17.4 Å². The van der Waals surface area contributed by atoms with Crippen LogP contribution >= 0.6 is 0 Å². The number of rotatable bonds is 12. The van der Waals surface area contributed by atoms with E-state index in [0.717, 1.165) is 22.9 Å². The maximum absolute atomic E-state index is 10.6. The van der Waals surface area contributed by atoms with Gasteiger partial charge in [0, 0.05) is 59.9 Å². The summed E-state index contributed by atoms with van der Waals surface area (Å²) in [5, 5.41) is 105. The number of benzene rings is 6. The topological polar surface area (TPSA) is 281 Å². The molecule has 0 radical (unpaired) electrons. The minimum Gasteiger partial charge on any atom is -0.506 e. The van der Waals surface area contributed by atoms with Crippen LogP contribution in [0.4, 0.5) is 34.1 Å². The Bertz CT molecular complexity index is 2200. The Morgan fingerprint density at radius 1 is 0.509 bits per heavy atom. The molecule has 0 fully saturated rings. The van der Waals surface area contributed by atoms with Crippen LogP contribution in [0.1, 0.15) is 1.43 Å². The van der Waals surface area contributed by atoms with Crippen molar-refractivity contribution in [3.05, 3.63) is 129 Å². The molecule has 0 aromatic heterocycles. The zero-order chi connectivity index (χ0) is 40.6. The molecular weight excluding hydrogens is 782 g/mol. The van der Waals surface area contributed by atoms with E-state index >= 15 is 0 Å². The molecule has 7 N–H and O–H groups in total. The van der Waals surface area contributed by atoms with Crippen LogP contribution in [-0.4, -0.2) is 89.9 Å². The van der Waals surface area contributed by atoms with Crippen molar-refractivity contribution in [1.29, 1.82) is 0 Å². The number of non-ortho nitro benzene ring substituents is 2. The molecule has 6 rings (SSSR count). The van der Waals surface area contributed by atoms with Crippen molar-refractivity contribution in [1.82, 2.24) is 4.90 Å². The number of phenolic OH excluding ortho intramolecular Hbond substituents is 4.